The molecular formula is C7H10BNO3. The molecule has 1 fully saturated rings. The lowest BCUT2D eigenvalue weighted by atomic mass is 9.85. The number of aliphatic hydroxyl groups excluding tert-OH is 2. The predicted molar refractivity (Wildman–Crippen MR) is 42.2 cm³/mol. The lowest BCUT2D eigenvalue weighted by molar-refractivity contribution is -0.0654. The molecule has 0 saturated carbocycles. The first-order chi connectivity index (χ1) is 5.57. The van der Waals surface area contributed by atoms with Crippen LogP contribution in [0.5, 0.6) is 0 Å². The van der Waals surface area contributed by atoms with Gasteiger partial charge in [-0.3, -0.25) is 4.85 Å². The van der Waals surface area contributed by atoms with Crippen molar-refractivity contribution >= 4 is 7.85 Å². The van der Waals surface area contributed by atoms with Gasteiger partial charge in [-0.25, -0.2) is 6.57 Å². The summed E-state index contributed by atoms with van der Waals surface area (Å²) in [5.41, 5.74) is -1.54. The molecule has 2 radical (unpaired) electrons. The topological polar surface area (TPSA) is 54.0 Å². The highest BCUT2D eigenvalue weighted by atomic mass is 16.6. The maximum Gasteiger partial charge on any atom is 0.385 e. The van der Waals surface area contributed by atoms with Crippen molar-refractivity contribution in [1.82, 2.24) is 0 Å². The van der Waals surface area contributed by atoms with Crippen molar-refractivity contribution in [2.75, 3.05) is 6.61 Å². The Morgan fingerprint density at radius 2 is 2.33 bits per heavy atom. The lowest BCUT2D eigenvalue weighted by Gasteiger charge is -2.16. The molecule has 1 unspecified atom stereocenters. The quantitative estimate of drug-likeness (QED) is 0.393. The van der Waals surface area contributed by atoms with E-state index in [-0.39, 0.29) is 5.92 Å². The molecule has 0 bridgehead atoms. The standard InChI is InChI=1S/C7H10BNO3/c1-4-5(11)7(3-10,9-2)12-6(4)8/h4-6,10-11H,3H2,1H3/t4-,5?,6+,7+/m0/s1. The number of nitrogens with zero attached hydrogens (tertiary/aromatic N) is 1. The fraction of sp³-hybridized carbons (Fsp3) is 0.857. The zero-order valence-electron chi connectivity index (χ0n) is 6.77. The minimum absolute atomic E-state index is 0.328. The van der Waals surface area contributed by atoms with Crippen LogP contribution >= 0.6 is 0 Å². The molecule has 2 N–H and O–H groups in total. The second kappa shape index (κ2) is 3.06. The summed E-state index contributed by atoms with van der Waals surface area (Å²) in [6.07, 6.45) is -1.02. The van der Waals surface area contributed by atoms with E-state index in [0.717, 1.165) is 0 Å². The van der Waals surface area contributed by atoms with Crippen LogP contribution < -0.4 is 0 Å². The van der Waals surface area contributed by atoms with Crippen LogP contribution in [-0.2, 0) is 4.74 Å². The van der Waals surface area contributed by atoms with E-state index < -0.39 is 24.4 Å². The molecule has 12 heavy (non-hydrogen) atoms. The van der Waals surface area contributed by atoms with Crippen molar-refractivity contribution in [3.63, 3.8) is 0 Å². The molecule has 0 aromatic heterocycles. The summed E-state index contributed by atoms with van der Waals surface area (Å²) in [6.45, 7) is 7.93. The molecule has 0 aromatic rings. The second-order valence-corrected chi connectivity index (χ2v) is 3.00. The van der Waals surface area contributed by atoms with Crippen molar-refractivity contribution in [3.05, 3.63) is 11.4 Å². The smallest absolute Gasteiger partial charge is 0.385 e. The molecule has 0 aliphatic carbocycles. The Balaban J connectivity index is 2.89. The fourth-order valence-corrected chi connectivity index (χ4v) is 1.26. The summed E-state index contributed by atoms with van der Waals surface area (Å²) < 4.78 is 5.00. The van der Waals surface area contributed by atoms with Gasteiger partial charge in [-0.15, -0.1) is 0 Å². The summed E-state index contributed by atoms with van der Waals surface area (Å²) in [4.78, 5) is 3.07. The Labute approximate surface area is 72.4 Å². The van der Waals surface area contributed by atoms with E-state index in [9.17, 15) is 5.11 Å². The van der Waals surface area contributed by atoms with Gasteiger partial charge in [0.1, 0.15) is 7.85 Å². The van der Waals surface area contributed by atoms with Crippen molar-refractivity contribution < 1.29 is 14.9 Å². The molecule has 4 atom stereocenters. The number of ether oxygens (including phenoxy) is 1. The largest absolute Gasteiger partial charge is 0.385 e. The van der Waals surface area contributed by atoms with Crippen LogP contribution in [0.25, 0.3) is 4.85 Å². The average Bonchev–Trinajstić information content (AvgIpc) is 2.30. The minimum atomic E-state index is -1.54. The van der Waals surface area contributed by atoms with Crippen LogP contribution in [0.4, 0.5) is 0 Å². The Morgan fingerprint density at radius 1 is 1.75 bits per heavy atom. The molecule has 0 aromatic carbocycles. The van der Waals surface area contributed by atoms with Gasteiger partial charge in [-0.2, -0.15) is 0 Å². The molecule has 1 saturated heterocycles. The molecule has 0 amide bonds. The van der Waals surface area contributed by atoms with Crippen LogP contribution in [0.1, 0.15) is 6.92 Å². The van der Waals surface area contributed by atoms with Crippen molar-refractivity contribution in [1.29, 1.82) is 0 Å². The van der Waals surface area contributed by atoms with Gasteiger partial charge in [-0.05, 0) is 0 Å². The number of hydrogen-bond acceptors (Lipinski definition) is 3. The van der Waals surface area contributed by atoms with E-state index in [4.69, 9.17) is 24.3 Å². The highest BCUT2D eigenvalue weighted by Crippen LogP contribution is 2.34. The summed E-state index contributed by atoms with van der Waals surface area (Å²) in [5.74, 6) is -0.328. The third-order valence-corrected chi connectivity index (χ3v) is 2.23. The van der Waals surface area contributed by atoms with E-state index in [2.05, 4.69) is 4.85 Å². The molecule has 1 aliphatic heterocycles. The van der Waals surface area contributed by atoms with Crippen molar-refractivity contribution in [3.8, 4) is 0 Å². The predicted octanol–water partition coefficient (Wildman–Crippen LogP) is -0.884. The third-order valence-electron chi connectivity index (χ3n) is 2.23. The van der Waals surface area contributed by atoms with E-state index in [0.29, 0.717) is 0 Å². The van der Waals surface area contributed by atoms with Gasteiger partial charge in [0.2, 0.25) is 0 Å². The fourth-order valence-electron chi connectivity index (χ4n) is 1.26. The highest BCUT2D eigenvalue weighted by molar-refractivity contribution is 6.11. The molecule has 5 heteroatoms. The summed E-state index contributed by atoms with van der Waals surface area (Å²) in [7, 11) is 5.46. The first kappa shape index (κ1) is 9.52. The molecule has 1 heterocycles. The molecular weight excluding hydrogens is 157 g/mol. The first-order valence-electron chi connectivity index (χ1n) is 3.68. The maximum absolute atomic E-state index is 9.50. The number of hydrogen-bond donors (Lipinski definition) is 2. The maximum atomic E-state index is 9.50. The Morgan fingerprint density at radius 3 is 2.50 bits per heavy atom. The van der Waals surface area contributed by atoms with Gasteiger partial charge >= 0.3 is 5.72 Å². The van der Waals surface area contributed by atoms with Gasteiger partial charge in [0.15, 0.2) is 12.7 Å². The van der Waals surface area contributed by atoms with Gasteiger partial charge < -0.3 is 14.9 Å². The van der Waals surface area contributed by atoms with Crippen LogP contribution in [0.2, 0.25) is 0 Å². The second-order valence-electron chi connectivity index (χ2n) is 3.00. The normalized spacial score (nSPS) is 47.3. The summed E-state index contributed by atoms with van der Waals surface area (Å²) in [5, 5.41) is 18.4. The number of aliphatic hydroxyl groups is 2. The Hall–Kier alpha value is -0.565. The highest BCUT2D eigenvalue weighted by Gasteiger charge is 2.57. The van der Waals surface area contributed by atoms with Gasteiger partial charge in [0.25, 0.3) is 0 Å². The van der Waals surface area contributed by atoms with Crippen LogP contribution in [0.3, 0.4) is 0 Å². The van der Waals surface area contributed by atoms with E-state index in [1.165, 1.54) is 0 Å². The van der Waals surface area contributed by atoms with Crippen LogP contribution in [0.15, 0.2) is 0 Å². The van der Waals surface area contributed by atoms with Crippen LogP contribution in [-0.4, -0.2) is 42.5 Å². The zero-order chi connectivity index (χ0) is 9.35. The number of rotatable bonds is 1. The van der Waals surface area contributed by atoms with Gasteiger partial charge in [-0.1, -0.05) is 6.92 Å². The SMILES string of the molecule is [B][C@@H]1O[C@@](CO)([N+]#[C-])C(O)[C@@H]1C. The third kappa shape index (κ3) is 1.12. The van der Waals surface area contributed by atoms with E-state index >= 15 is 0 Å². The minimum Gasteiger partial charge on any atom is -0.385 e. The molecule has 4 nitrogen and oxygen atoms in total. The van der Waals surface area contributed by atoms with Crippen molar-refractivity contribution in [2.24, 2.45) is 5.92 Å². The molecule has 64 valence electrons. The average molecular weight is 167 g/mol. The van der Waals surface area contributed by atoms with Crippen molar-refractivity contribution in [2.45, 2.75) is 24.8 Å². The van der Waals surface area contributed by atoms with E-state index in [1.54, 1.807) is 6.92 Å². The molecule has 1 aliphatic rings. The summed E-state index contributed by atoms with van der Waals surface area (Å²) >= 11 is 0. The zero-order valence-corrected chi connectivity index (χ0v) is 6.77. The molecule has 1 rings (SSSR count). The van der Waals surface area contributed by atoms with Crippen LogP contribution in [0, 0.1) is 12.5 Å². The first-order valence-corrected chi connectivity index (χ1v) is 3.68. The van der Waals surface area contributed by atoms with Gasteiger partial charge in [0.05, 0.1) is 0 Å². The Bertz CT molecular complexity index is 217. The Kier molecular flexibility index (Phi) is 2.42. The van der Waals surface area contributed by atoms with Gasteiger partial charge in [0, 0.05) is 11.9 Å². The lowest BCUT2D eigenvalue weighted by Crippen LogP contribution is -2.41. The summed E-state index contributed by atoms with van der Waals surface area (Å²) in [6, 6.07) is -0.679. The van der Waals surface area contributed by atoms with E-state index in [1.807, 2.05) is 0 Å². The monoisotopic (exact) mass is 167 g/mol. The molecule has 0 spiro atoms.